The largest absolute Gasteiger partial charge is 0.367 e. The Balaban J connectivity index is 2.12. The maximum absolute atomic E-state index is 6.33. The summed E-state index contributed by atoms with van der Waals surface area (Å²) in [6.07, 6.45) is 4.55. The standard InChI is InChI=1S/C15H21ClN4/c1-11(17)8-12-4-5-13(9-14(12)16)20(3)10-15-18-6-7-19(15)2/h4-7,9,11H,8,10,17H2,1-3H3. The van der Waals surface area contributed by atoms with Crippen LogP contribution in [0.2, 0.25) is 5.02 Å². The normalized spacial score (nSPS) is 12.4. The molecule has 2 N–H and O–H groups in total. The second kappa shape index (κ2) is 6.29. The lowest BCUT2D eigenvalue weighted by molar-refractivity contribution is 0.737. The van der Waals surface area contributed by atoms with Gasteiger partial charge in [0.05, 0.1) is 6.54 Å². The summed E-state index contributed by atoms with van der Waals surface area (Å²) in [5, 5.41) is 0.770. The van der Waals surface area contributed by atoms with Gasteiger partial charge in [-0.05, 0) is 31.0 Å². The van der Waals surface area contributed by atoms with Crippen LogP contribution in [0, 0.1) is 0 Å². The third-order valence-electron chi connectivity index (χ3n) is 3.32. The lowest BCUT2D eigenvalue weighted by Gasteiger charge is -2.20. The van der Waals surface area contributed by atoms with E-state index in [0.717, 1.165) is 35.1 Å². The molecule has 20 heavy (non-hydrogen) atoms. The summed E-state index contributed by atoms with van der Waals surface area (Å²) >= 11 is 6.33. The first kappa shape index (κ1) is 14.9. The van der Waals surface area contributed by atoms with Gasteiger partial charge in [-0.2, -0.15) is 0 Å². The molecule has 0 aliphatic heterocycles. The van der Waals surface area contributed by atoms with Gasteiger partial charge in [-0.15, -0.1) is 0 Å². The number of halogens is 1. The van der Waals surface area contributed by atoms with Crippen molar-refractivity contribution in [3.63, 3.8) is 0 Å². The molecule has 0 aliphatic rings. The maximum atomic E-state index is 6.33. The molecular weight excluding hydrogens is 272 g/mol. The summed E-state index contributed by atoms with van der Waals surface area (Å²) in [6, 6.07) is 6.23. The Morgan fingerprint density at radius 3 is 2.75 bits per heavy atom. The quantitative estimate of drug-likeness (QED) is 0.921. The van der Waals surface area contributed by atoms with E-state index in [9.17, 15) is 0 Å². The Morgan fingerprint density at radius 2 is 2.20 bits per heavy atom. The Bertz CT molecular complexity index is 577. The Hall–Kier alpha value is -1.52. The predicted octanol–water partition coefficient (Wildman–Crippen LogP) is 2.60. The van der Waals surface area contributed by atoms with E-state index in [-0.39, 0.29) is 6.04 Å². The average molecular weight is 293 g/mol. The highest BCUT2D eigenvalue weighted by Crippen LogP contribution is 2.24. The number of benzene rings is 1. The van der Waals surface area contributed by atoms with Crippen molar-refractivity contribution in [1.29, 1.82) is 0 Å². The zero-order valence-electron chi connectivity index (χ0n) is 12.2. The van der Waals surface area contributed by atoms with E-state index in [4.69, 9.17) is 17.3 Å². The molecule has 0 spiro atoms. The number of nitrogens with two attached hydrogens (primary N) is 1. The van der Waals surface area contributed by atoms with Crippen LogP contribution in [0.3, 0.4) is 0 Å². The molecule has 1 heterocycles. The number of imidazole rings is 1. The summed E-state index contributed by atoms with van der Waals surface area (Å²) < 4.78 is 2.02. The number of hydrogen-bond donors (Lipinski definition) is 1. The maximum Gasteiger partial charge on any atom is 0.127 e. The van der Waals surface area contributed by atoms with Crippen molar-refractivity contribution >= 4 is 17.3 Å². The molecule has 0 fully saturated rings. The summed E-state index contributed by atoms with van der Waals surface area (Å²) in [6.45, 7) is 2.73. The van der Waals surface area contributed by atoms with Crippen molar-refractivity contribution in [3.05, 3.63) is 47.0 Å². The van der Waals surface area contributed by atoms with E-state index in [1.165, 1.54) is 0 Å². The van der Waals surface area contributed by atoms with Crippen LogP contribution in [0.15, 0.2) is 30.6 Å². The fourth-order valence-corrected chi connectivity index (χ4v) is 2.39. The molecule has 1 unspecified atom stereocenters. The van der Waals surface area contributed by atoms with E-state index in [1.54, 1.807) is 0 Å². The van der Waals surface area contributed by atoms with E-state index >= 15 is 0 Å². The van der Waals surface area contributed by atoms with Gasteiger partial charge in [-0.25, -0.2) is 4.98 Å². The monoisotopic (exact) mass is 292 g/mol. The van der Waals surface area contributed by atoms with E-state index in [2.05, 4.69) is 22.0 Å². The molecule has 2 aromatic rings. The smallest absolute Gasteiger partial charge is 0.127 e. The van der Waals surface area contributed by atoms with Gasteiger partial charge in [0.25, 0.3) is 0 Å². The molecule has 0 saturated carbocycles. The molecule has 1 aromatic carbocycles. The topological polar surface area (TPSA) is 47.1 Å². The number of aromatic nitrogens is 2. The first-order valence-corrected chi connectivity index (χ1v) is 7.06. The first-order valence-electron chi connectivity index (χ1n) is 6.68. The molecule has 0 radical (unpaired) electrons. The lowest BCUT2D eigenvalue weighted by atomic mass is 10.1. The molecule has 4 nitrogen and oxygen atoms in total. The third kappa shape index (κ3) is 3.52. The van der Waals surface area contributed by atoms with Crippen LogP contribution in [0.4, 0.5) is 5.69 Å². The molecule has 0 amide bonds. The SMILES string of the molecule is CC(N)Cc1ccc(N(C)Cc2nccn2C)cc1Cl. The highest BCUT2D eigenvalue weighted by Gasteiger charge is 2.09. The number of nitrogens with zero attached hydrogens (tertiary/aromatic N) is 3. The second-order valence-electron chi connectivity index (χ2n) is 5.27. The van der Waals surface area contributed by atoms with Crippen molar-refractivity contribution in [1.82, 2.24) is 9.55 Å². The van der Waals surface area contributed by atoms with Crippen LogP contribution in [0.5, 0.6) is 0 Å². The van der Waals surface area contributed by atoms with Crippen molar-refractivity contribution in [2.24, 2.45) is 12.8 Å². The molecule has 1 aromatic heterocycles. The van der Waals surface area contributed by atoms with Gasteiger partial charge >= 0.3 is 0 Å². The highest BCUT2D eigenvalue weighted by molar-refractivity contribution is 6.31. The third-order valence-corrected chi connectivity index (χ3v) is 3.67. The molecule has 5 heteroatoms. The fourth-order valence-electron chi connectivity index (χ4n) is 2.14. The summed E-state index contributed by atoms with van der Waals surface area (Å²) in [7, 11) is 4.03. The minimum absolute atomic E-state index is 0.114. The molecule has 1 atom stereocenters. The Morgan fingerprint density at radius 1 is 1.45 bits per heavy atom. The van der Waals surface area contributed by atoms with Gasteiger partial charge in [0, 0.05) is 43.2 Å². The average Bonchev–Trinajstić information content (AvgIpc) is 2.77. The van der Waals surface area contributed by atoms with E-state index < -0.39 is 0 Å². The molecule has 108 valence electrons. The summed E-state index contributed by atoms with van der Waals surface area (Å²) in [5.41, 5.74) is 7.99. The van der Waals surface area contributed by atoms with Crippen molar-refractivity contribution in [3.8, 4) is 0 Å². The molecule has 0 aliphatic carbocycles. The van der Waals surface area contributed by atoms with Gasteiger partial charge in [0.15, 0.2) is 0 Å². The summed E-state index contributed by atoms with van der Waals surface area (Å²) in [4.78, 5) is 6.46. The molecule has 0 bridgehead atoms. The minimum Gasteiger partial charge on any atom is -0.367 e. The van der Waals surface area contributed by atoms with Crippen LogP contribution in [0.25, 0.3) is 0 Å². The van der Waals surface area contributed by atoms with E-state index in [1.807, 2.05) is 44.0 Å². The van der Waals surface area contributed by atoms with Crippen molar-refractivity contribution in [2.45, 2.75) is 25.9 Å². The van der Waals surface area contributed by atoms with Crippen molar-refractivity contribution in [2.75, 3.05) is 11.9 Å². The van der Waals surface area contributed by atoms with Crippen LogP contribution in [0.1, 0.15) is 18.3 Å². The molecule has 2 rings (SSSR count). The van der Waals surface area contributed by atoms with Gasteiger partial charge in [-0.1, -0.05) is 17.7 Å². The number of hydrogen-bond acceptors (Lipinski definition) is 3. The molecule has 0 saturated heterocycles. The number of anilines is 1. The summed E-state index contributed by atoms with van der Waals surface area (Å²) in [5.74, 6) is 1.02. The van der Waals surface area contributed by atoms with Gasteiger partial charge < -0.3 is 15.2 Å². The Labute approximate surface area is 125 Å². The lowest BCUT2D eigenvalue weighted by Crippen LogP contribution is -2.20. The zero-order valence-corrected chi connectivity index (χ0v) is 12.9. The molecular formula is C15H21ClN4. The number of rotatable bonds is 5. The Kier molecular flexibility index (Phi) is 4.68. The second-order valence-corrected chi connectivity index (χ2v) is 5.67. The van der Waals surface area contributed by atoms with Crippen LogP contribution < -0.4 is 10.6 Å². The highest BCUT2D eigenvalue weighted by atomic mass is 35.5. The predicted molar refractivity (Wildman–Crippen MR) is 84.1 cm³/mol. The van der Waals surface area contributed by atoms with Crippen LogP contribution in [-0.4, -0.2) is 22.6 Å². The first-order chi connectivity index (χ1) is 9.47. The minimum atomic E-state index is 0.114. The van der Waals surface area contributed by atoms with Gasteiger partial charge in [0.2, 0.25) is 0 Å². The van der Waals surface area contributed by atoms with Gasteiger partial charge in [-0.3, -0.25) is 0 Å². The zero-order chi connectivity index (χ0) is 14.7. The van der Waals surface area contributed by atoms with Gasteiger partial charge in [0.1, 0.15) is 5.82 Å². The van der Waals surface area contributed by atoms with E-state index in [0.29, 0.717) is 0 Å². The van der Waals surface area contributed by atoms with Crippen LogP contribution in [-0.2, 0) is 20.0 Å². The fraction of sp³-hybridized carbons (Fsp3) is 0.400. The van der Waals surface area contributed by atoms with Crippen molar-refractivity contribution < 1.29 is 0 Å². The van der Waals surface area contributed by atoms with Crippen LogP contribution >= 0.6 is 11.6 Å². The number of aryl methyl sites for hydroxylation is 1.